The largest absolute Gasteiger partial charge is 0.480 e. The number of aromatic amines is 2. The number of carbonyl (C=O) groups excluding carboxylic acids is 3. The van der Waals surface area contributed by atoms with Crippen LogP contribution in [0.2, 0.25) is 0 Å². The number of benzene rings is 1. The summed E-state index contributed by atoms with van der Waals surface area (Å²) in [6.07, 6.45) is 3.65. The fraction of sp³-hybridized carbons (Fsp3) is 0.407. The minimum atomic E-state index is -1.31. The molecule has 0 aliphatic rings. The molecule has 2 heterocycles. The molecule has 2 aromatic heterocycles. The number of nitrogens with zero attached hydrogens (tertiary/aromatic N) is 2. The van der Waals surface area contributed by atoms with Crippen LogP contribution in [-0.4, -0.2) is 91.6 Å². The van der Waals surface area contributed by atoms with E-state index in [1.54, 1.807) is 6.20 Å². The Balaban J connectivity index is 1.83. The van der Waals surface area contributed by atoms with E-state index in [4.69, 9.17) is 17.2 Å². The summed E-state index contributed by atoms with van der Waals surface area (Å²) in [7, 11) is 0. The number of nitrogens with two attached hydrogens (primary N) is 3. The van der Waals surface area contributed by atoms with Gasteiger partial charge in [0.2, 0.25) is 17.7 Å². The zero-order chi connectivity index (χ0) is 31.5. The van der Waals surface area contributed by atoms with E-state index < -0.39 is 54.0 Å². The van der Waals surface area contributed by atoms with Gasteiger partial charge in [-0.25, -0.2) is 9.78 Å². The number of aliphatic hydroxyl groups is 1. The summed E-state index contributed by atoms with van der Waals surface area (Å²) in [5.74, 6) is -3.68. The van der Waals surface area contributed by atoms with Gasteiger partial charge in [-0.3, -0.25) is 19.4 Å². The molecule has 16 nitrogen and oxygen atoms in total. The highest BCUT2D eigenvalue weighted by atomic mass is 16.4. The number of aromatic nitrogens is 3. The third-order valence-corrected chi connectivity index (χ3v) is 6.73. The summed E-state index contributed by atoms with van der Waals surface area (Å²) < 4.78 is 0. The number of imidazole rings is 1. The third-order valence-electron chi connectivity index (χ3n) is 6.73. The Morgan fingerprint density at radius 3 is 2.26 bits per heavy atom. The number of guanidine groups is 1. The fourth-order valence-electron chi connectivity index (χ4n) is 4.35. The lowest BCUT2D eigenvalue weighted by Crippen LogP contribution is -2.59. The lowest BCUT2D eigenvalue weighted by Gasteiger charge is -2.25. The molecule has 1 aromatic carbocycles. The maximum absolute atomic E-state index is 13.7. The predicted molar refractivity (Wildman–Crippen MR) is 157 cm³/mol. The summed E-state index contributed by atoms with van der Waals surface area (Å²) in [5.41, 5.74) is 18.4. The van der Waals surface area contributed by atoms with Crippen molar-refractivity contribution in [2.45, 2.75) is 62.9 Å². The quantitative estimate of drug-likeness (QED) is 0.0490. The number of para-hydroxylation sites is 1. The van der Waals surface area contributed by atoms with Crippen LogP contribution in [0.4, 0.5) is 0 Å². The third kappa shape index (κ3) is 9.54. The average Bonchev–Trinajstić information content (AvgIpc) is 3.63. The minimum absolute atomic E-state index is 0.0229. The number of amides is 3. The molecule has 43 heavy (non-hydrogen) atoms. The van der Waals surface area contributed by atoms with Crippen molar-refractivity contribution >= 4 is 40.6 Å². The Hall–Kier alpha value is -4.96. The number of aliphatic hydroxyl groups excluding tert-OH is 1. The molecule has 16 heteroatoms. The van der Waals surface area contributed by atoms with Gasteiger partial charge in [0.15, 0.2) is 5.96 Å². The second-order valence-electron chi connectivity index (χ2n) is 10.1. The molecule has 0 saturated carbocycles. The van der Waals surface area contributed by atoms with Crippen LogP contribution < -0.4 is 33.2 Å². The first kappa shape index (κ1) is 32.6. The Morgan fingerprint density at radius 2 is 1.63 bits per heavy atom. The van der Waals surface area contributed by atoms with Gasteiger partial charge in [-0.15, -0.1) is 0 Å². The van der Waals surface area contributed by atoms with Crippen LogP contribution in [0.3, 0.4) is 0 Å². The lowest BCUT2D eigenvalue weighted by atomic mass is 10.0. The number of nitrogens with one attached hydrogen (secondary N) is 5. The number of fused-ring (bicyclic) bond motifs is 1. The molecule has 0 fully saturated rings. The number of carbonyl (C=O) groups is 4. The van der Waals surface area contributed by atoms with E-state index in [1.165, 1.54) is 19.4 Å². The van der Waals surface area contributed by atoms with Gasteiger partial charge in [-0.1, -0.05) is 18.2 Å². The van der Waals surface area contributed by atoms with E-state index in [2.05, 4.69) is 35.9 Å². The summed E-state index contributed by atoms with van der Waals surface area (Å²) >= 11 is 0. The van der Waals surface area contributed by atoms with Gasteiger partial charge in [0.1, 0.15) is 24.2 Å². The van der Waals surface area contributed by atoms with Crippen molar-refractivity contribution in [1.82, 2.24) is 30.9 Å². The van der Waals surface area contributed by atoms with E-state index >= 15 is 0 Å². The van der Waals surface area contributed by atoms with Gasteiger partial charge in [0, 0.05) is 48.4 Å². The molecule has 3 amide bonds. The van der Waals surface area contributed by atoms with Crippen LogP contribution in [0, 0.1) is 0 Å². The zero-order valence-electron chi connectivity index (χ0n) is 23.6. The summed E-state index contributed by atoms with van der Waals surface area (Å²) in [5, 5.41) is 28.0. The summed E-state index contributed by atoms with van der Waals surface area (Å²) in [6.45, 7) is 1.51. The van der Waals surface area contributed by atoms with E-state index in [1.807, 2.05) is 24.3 Å². The molecule has 3 aromatic rings. The van der Waals surface area contributed by atoms with Crippen molar-refractivity contribution in [3.8, 4) is 0 Å². The number of rotatable bonds is 16. The van der Waals surface area contributed by atoms with Gasteiger partial charge in [0.05, 0.1) is 12.4 Å². The van der Waals surface area contributed by atoms with Gasteiger partial charge in [-0.2, -0.15) is 0 Å². The average molecular weight is 599 g/mol. The molecule has 13 N–H and O–H groups in total. The molecule has 232 valence electrons. The maximum Gasteiger partial charge on any atom is 0.326 e. The van der Waals surface area contributed by atoms with Crippen molar-refractivity contribution in [2.75, 3.05) is 6.54 Å². The fourth-order valence-corrected chi connectivity index (χ4v) is 4.35. The van der Waals surface area contributed by atoms with Gasteiger partial charge >= 0.3 is 5.97 Å². The molecular weight excluding hydrogens is 560 g/mol. The topological polar surface area (TPSA) is 280 Å². The van der Waals surface area contributed by atoms with E-state index in [9.17, 15) is 29.4 Å². The minimum Gasteiger partial charge on any atom is -0.480 e. The molecule has 0 spiro atoms. The van der Waals surface area contributed by atoms with E-state index in [0.29, 0.717) is 11.3 Å². The normalized spacial score (nSPS) is 14.6. The van der Waals surface area contributed by atoms with Crippen molar-refractivity contribution in [3.05, 3.63) is 54.2 Å². The van der Waals surface area contributed by atoms with Crippen LogP contribution in [0.15, 0.2) is 48.0 Å². The monoisotopic (exact) mass is 598 g/mol. The van der Waals surface area contributed by atoms with Crippen molar-refractivity contribution < 1.29 is 29.4 Å². The Morgan fingerprint density at radius 1 is 0.977 bits per heavy atom. The molecule has 0 saturated heterocycles. The molecule has 3 rings (SSSR count). The first-order valence-electron chi connectivity index (χ1n) is 13.6. The van der Waals surface area contributed by atoms with E-state index in [0.717, 1.165) is 10.9 Å². The van der Waals surface area contributed by atoms with Crippen LogP contribution in [0.25, 0.3) is 10.9 Å². The van der Waals surface area contributed by atoms with Gasteiger partial charge in [-0.05, 0) is 31.4 Å². The number of hydrogen-bond acceptors (Lipinski definition) is 8. The molecule has 5 unspecified atom stereocenters. The molecule has 5 atom stereocenters. The SMILES string of the molecule is CC(O)C(N)C(=O)NC(Cc1c[nH]c2ccccc12)C(=O)NC(Cc1cnc[nH]1)C(=O)NC(CCCN=C(N)N)C(=O)O. The van der Waals surface area contributed by atoms with Crippen LogP contribution in [-0.2, 0) is 32.0 Å². The smallest absolute Gasteiger partial charge is 0.326 e. The first-order chi connectivity index (χ1) is 20.5. The van der Waals surface area contributed by atoms with Crippen LogP contribution >= 0.6 is 0 Å². The highest BCUT2D eigenvalue weighted by molar-refractivity contribution is 5.95. The van der Waals surface area contributed by atoms with Gasteiger partial charge < -0.3 is 53.3 Å². The highest BCUT2D eigenvalue weighted by Crippen LogP contribution is 2.19. The van der Waals surface area contributed by atoms with Crippen molar-refractivity contribution in [1.29, 1.82) is 0 Å². The van der Waals surface area contributed by atoms with Crippen molar-refractivity contribution in [3.63, 3.8) is 0 Å². The Bertz CT molecular complexity index is 1420. The molecular formula is C27H38N10O6. The zero-order valence-corrected chi connectivity index (χ0v) is 23.6. The lowest BCUT2D eigenvalue weighted by molar-refractivity contribution is -0.142. The number of hydrogen-bond donors (Lipinski definition) is 10. The summed E-state index contributed by atoms with van der Waals surface area (Å²) in [6, 6.07) is 2.34. The molecule has 0 aliphatic carbocycles. The number of carboxylic acids is 1. The number of aliphatic carboxylic acids is 1. The Labute approximate surface area is 246 Å². The van der Waals surface area contributed by atoms with Gasteiger partial charge in [0.25, 0.3) is 0 Å². The van der Waals surface area contributed by atoms with Crippen LogP contribution in [0.5, 0.6) is 0 Å². The molecule has 0 aliphatic heterocycles. The second-order valence-corrected chi connectivity index (χ2v) is 10.1. The maximum atomic E-state index is 13.7. The number of aliphatic imine (C=N–C) groups is 1. The second kappa shape index (κ2) is 15.3. The van der Waals surface area contributed by atoms with Crippen molar-refractivity contribution in [2.24, 2.45) is 22.2 Å². The summed E-state index contributed by atoms with van der Waals surface area (Å²) in [4.78, 5) is 65.4. The molecule has 0 radical (unpaired) electrons. The number of carboxylic acid groups (broad SMARTS) is 1. The van der Waals surface area contributed by atoms with Crippen LogP contribution in [0.1, 0.15) is 31.0 Å². The highest BCUT2D eigenvalue weighted by Gasteiger charge is 2.32. The standard InChI is InChI=1S/C27H38N10O6/c1-14(38)22(28)25(41)37-20(9-15-11-33-18-6-3-2-5-17(15)18)23(39)36-21(10-16-12-31-13-34-16)24(40)35-19(26(42)43)7-4-8-32-27(29)30/h2-3,5-6,11-14,19-22,33,38H,4,7-10,28H2,1H3,(H,31,34)(H,35,40)(H,36,39)(H,37,41)(H,42,43)(H4,29,30,32). The first-order valence-corrected chi connectivity index (χ1v) is 13.6. The molecule has 0 bridgehead atoms. The predicted octanol–water partition coefficient (Wildman–Crippen LogP) is -2.02. The van der Waals surface area contributed by atoms with E-state index in [-0.39, 0.29) is 38.2 Å². The number of H-pyrrole nitrogens is 2. The Kier molecular flexibility index (Phi) is 11.6.